The van der Waals surface area contributed by atoms with Crippen LogP contribution in [0.4, 0.5) is 0 Å². The SMILES string of the molecule is CCCCCCCCCCCCCCCCCC(=O)NCCOP(=O)(O)OC(C)N. The molecule has 180 valence electrons. The summed E-state index contributed by atoms with van der Waals surface area (Å²) in [5.74, 6) is -0.0609. The lowest BCUT2D eigenvalue weighted by molar-refractivity contribution is -0.121. The third-order valence-corrected chi connectivity index (χ3v) is 6.09. The molecule has 4 N–H and O–H groups in total. The van der Waals surface area contributed by atoms with Crippen LogP contribution in [0.15, 0.2) is 0 Å². The van der Waals surface area contributed by atoms with E-state index >= 15 is 0 Å². The summed E-state index contributed by atoms with van der Waals surface area (Å²) in [4.78, 5) is 21.1. The van der Waals surface area contributed by atoms with Gasteiger partial charge < -0.3 is 15.9 Å². The summed E-state index contributed by atoms with van der Waals surface area (Å²) >= 11 is 0. The van der Waals surface area contributed by atoms with E-state index in [-0.39, 0.29) is 19.1 Å². The normalized spacial score (nSPS) is 14.4. The third kappa shape index (κ3) is 22.2. The molecule has 8 heteroatoms. The molecule has 0 saturated carbocycles. The van der Waals surface area contributed by atoms with E-state index < -0.39 is 14.1 Å². The van der Waals surface area contributed by atoms with Gasteiger partial charge in [0, 0.05) is 13.0 Å². The summed E-state index contributed by atoms with van der Waals surface area (Å²) in [5.41, 5.74) is 5.27. The van der Waals surface area contributed by atoms with E-state index in [4.69, 9.17) is 10.3 Å². The highest BCUT2D eigenvalue weighted by atomic mass is 31.2. The molecule has 7 nitrogen and oxygen atoms in total. The summed E-state index contributed by atoms with van der Waals surface area (Å²) in [6.45, 7) is 3.78. The van der Waals surface area contributed by atoms with Crippen molar-refractivity contribution in [1.29, 1.82) is 0 Å². The van der Waals surface area contributed by atoms with Crippen LogP contribution in [-0.4, -0.2) is 30.2 Å². The Morgan fingerprint density at radius 3 is 1.77 bits per heavy atom. The fourth-order valence-corrected chi connectivity index (χ4v) is 4.14. The van der Waals surface area contributed by atoms with E-state index in [1.54, 1.807) is 0 Å². The van der Waals surface area contributed by atoms with Gasteiger partial charge in [-0.25, -0.2) is 4.57 Å². The van der Waals surface area contributed by atoms with Crippen LogP contribution in [0.5, 0.6) is 0 Å². The smallest absolute Gasteiger partial charge is 0.354 e. The first-order valence-corrected chi connectivity index (χ1v) is 13.5. The number of nitrogens with one attached hydrogen (secondary N) is 1. The summed E-state index contributed by atoms with van der Waals surface area (Å²) in [6, 6.07) is 0. The van der Waals surface area contributed by atoms with Crippen molar-refractivity contribution in [2.24, 2.45) is 5.73 Å². The quantitative estimate of drug-likeness (QED) is 0.109. The van der Waals surface area contributed by atoms with Crippen molar-refractivity contribution in [3.63, 3.8) is 0 Å². The van der Waals surface area contributed by atoms with Gasteiger partial charge in [0.1, 0.15) is 6.23 Å². The minimum Gasteiger partial charge on any atom is -0.354 e. The molecule has 0 radical (unpaired) electrons. The zero-order chi connectivity index (χ0) is 22.5. The van der Waals surface area contributed by atoms with E-state index in [0.29, 0.717) is 6.42 Å². The summed E-state index contributed by atoms with van der Waals surface area (Å²) in [5, 5.41) is 2.68. The van der Waals surface area contributed by atoms with Crippen LogP contribution in [0.25, 0.3) is 0 Å². The zero-order valence-electron chi connectivity index (χ0n) is 19.4. The average molecular weight is 451 g/mol. The topological polar surface area (TPSA) is 111 Å². The number of phosphoric acid groups is 1. The first kappa shape index (κ1) is 29.5. The van der Waals surface area contributed by atoms with Gasteiger partial charge in [-0.3, -0.25) is 13.8 Å². The Morgan fingerprint density at radius 2 is 1.33 bits per heavy atom. The predicted molar refractivity (Wildman–Crippen MR) is 123 cm³/mol. The van der Waals surface area contributed by atoms with Crippen LogP contribution < -0.4 is 11.1 Å². The van der Waals surface area contributed by atoms with Gasteiger partial charge in [-0.15, -0.1) is 0 Å². The Hall–Kier alpha value is -0.460. The van der Waals surface area contributed by atoms with E-state index in [9.17, 15) is 14.3 Å². The fourth-order valence-electron chi connectivity index (χ4n) is 3.34. The number of rotatable bonds is 22. The molecule has 0 aromatic carbocycles. The highest BCUT2D eigenvalue weighted by molar-refractivity contribution is 7.47. The van der Waals surface area contributed by atoms with E-state index in [2.05, 4.69) is 16.8 Å². The Balaban J connectivity index is 3.31. The first-order chi connectivity index (χ1) is 14.4. The Bertz CT molecular complexity index is 449. The van der Waals surface area contributed by atoms with Crippen molar-refractivity contribution < 1.29 is 23.3 Å². The summed E-state index contributed by atoms with van der Waals surface area (Å²) in [6.07, 6.45) is 19.0. The van der Waals surface area contributed by atoms with Gasteiger partial charge in [0.25, 0.3) is 0 Å². The minimum absolute atomic E-state index is 0.0609. The maximum Gasteiger partial charge on any atom is 0.473 e. The largest absolute Gasteiger partial charge is 0.473 e. The molecule has 0 heterocycles. The van der Waals surface area contributed by atoms with Crippen LogP contribution >= 0.6 is 7.82 Å². The Kier molecular flexibility index (Phi) is 20.1. The van der Waals surface area contributed by atoms with Gasteiger partial charge in [0.2, 0.25) is 5.91 Å². The molecule has 0 fully saturated rings. The van der Waals surface area contributed by atoms with Gasteiger partial charge in [-0.1, -0.05) is 96.8 Å². The lowest BCUT2D eigenvalue weighted by atomic mass is 10.0. The summed E-state index contributed by atoms with van der Waals surface area (Å²) in [7, 11) is -4.14. The lowest BCUT2D eigenvalue weighted by Gasteiger charge is -2.14. The number of carbonyl (C=O) groups excluding carboxylic acids is 1. The second kappa shape index (κ2) is 20.4. The zero-order valence-corrected chi connectivity index (χ0v) is 20.3. The van der Waals surface area contributed by atoms with Crippen molar-refractivity contribution in [2.75, 3.05) is 13.2 Å². The molecule has 0 spiro atoms. The van der Waals surface area contributed by atoms with Crippen LogP contribution in [0.2, 0.25) is 0 Å². The molecule has 2 atom stereocenters. The van der Waals surface area contributed by atoms with Gasteiger partial charge in [-0.2, -0.15) is 0 Å². The number of nitrogens with two attached hydrogens (primary N) is 1. The summed E-state index contributed by atoms with van der Waals surface area (Å²) < 4.78 is 20.7. The standard InChI is InChI=1S/C22H47N2O5P/c1-3-4-5-6-7-8-9-10-11-12-13-14-15-16-17-18-22(25)24-19-20-28-30(26,27)29-21(2)23/h21H,3-20,23H2,1-2H3,(H,24,25)(H,26,27). The number of amides is 1. The second-order valence-electron chi connectivity index (χ2n) is 8.16. The number of hydrogen-bond acceptors (Lipinski definition) is 5. The van der Waals surface area contributed by atoms with Crippen LogP contribution in [0, 0.1) is 0 Å². The average Bonchev–Trinajstić information content (AvgIpc) is 2.67. The van der Waals surface area contributed by atoms with Gasteiger partial charge in [0.05, 0.1) is 6.61 Å². The van der Waals surface area contributed by atoms with E-state index in [1.807, 2.05) is 0 Å². The minimum atomic E-state index is -4.14. The highest BCUT2D eigenvalue weighted by Gasteiger charge is 2.22. The molecular weight excluding hydrogens is 403 g/mol. The molecule has 1 amide bonds. The maximum atomic E-state index is 11.7. The van der Waals surface area contributed by atoms with Gasteiger partial charge >= 0.3 is 7.82 Å². The molecular formula is C22H47N2O5P. The molecule has 0 rings (SSSR count). The first-order valence-electron chi connectivity index (χ1n) is 12.1. The predicted octanol–water partition coefficient (Wildman–Crippen LogP) is 5.80. The van der Waals surface area contributed by atoms with Crippen molar-refractivity contribution in [3.05, 3.63) is 0 Å². The fraction of sp³-hybridized carbons (Fsp3) is 0.955. The molecule has 0 aromatic rings. The van der Waals surface area contributed by atoms with Crippen molar-refractivity contribution >= 4 is 13.7 Å². The molecule has 0 bridgehead atoms. The van der Waals surface area contributed by atoms with Gasteiger partial charge in [0.15, 0.2) is 0 Å². The molecule has 0 aliphatic heterocycles. The molecule has 2 unspecified atom stereocenters. The van der Waals surface area contributed by atoms with Crippen LogP contribution in [-0.2, 0) is 18.4 Å². The number of phosphoric ester groups is 1. The van der Waals surface area contributed by atoms with E-state index in [1.165, 1.54) is 90.4 Å². The van der Waals surface area contributed by atoms with Crippen LogP contribution in [0.1, 0.15) is 117 Å². The number of unbranched alkanes of at least 4 members (excludes halogenated alkanes) is 14. The van der Waals surface area contributed by atoms with Crippen molar-refractivity contribution in [1.82, 2.24) is 5.32 Å². The Morgan fingerprint density at radius 1 is 0.900 bits per heavy atom. The van der Waals surface area contributed by atoms with Crippen molar-refractivity contribution in [2.45, 2.75) is 123 Å². The molecule has 30 heavy (non-hydrogen) atoms. The molecule has 0 aliphatic carbocycles. The van der Waals surface area contributed by atoms with Gasteiger partial charge in [-0.05, 0) is 13.3 Å². The van der Waals surface area contributed by atoms with E-state index in [0.717, 1.165) is 12.8 Å². The lowest BCUT2D eigenvalue weighted by Crippen LogP contribution is -2.27. The second-order valence-corrected chi connectivity index (χ2v) is 9.57. The highest BCUT2D eigenvalue weighted by Crippen LogP contribution is 2.43. The van der Waals surface area contributed by atoms with Crippen LogP contribution in [0.3, 0.4) is 0 Å². The molecule has 0 aliphatic rings. The number of hydrogen-bond donors (Lipinski definition) is 3. The monoisotopic (exact) mass is 450 g/mol. The number of carbonyl (C=O) groups is 1. The Labute approximate surface area is 184 Å². The van der Waals surface area contributed by atoms with Crippen molar-refractivity contribution in [3.8, 4) is 0 Å². The maximum absolute atomic E-state index is 11.7. The molecule has 0 aromatic heterocycles. The molecule has 0 saturated heterocycles. The third-order valence-electron chi connectivity index (χ3n) is 4.99.